The highest BCUT2D eigenvalue weighted by Crippen LogP contribution is 2.35. The third-order valence-corrected chi connectivity index (χ3v) is 6.60. The molecule has 156 valence electrons. The minimum atomic E-state index is -3.96. The van der Waals surface area contributed by atoms with Crippen molar-refractivity contribution >= 4 is 27.5 Å². The summed E-state index contributed by atoms with van der Waals surface area (Å²) in [6.45, 7) is 3.11. The topological polar surface area (TPSA) is 109 Å². The molecule has 1 aliphatic rings. The van der Waals surface area contributed by atoms with Gasteiger partial charge < -0.3 is 19.4 Å². The molecule has 29 heavy (non-hydrogen) atoms. The molecule has 1 aromatic heterocycles. The molecule has 2 amide bonds. The average Bonchev–Trinajstić information content (AvgIpc) is 3.15. The highest BCUT2D eigenvalue weighted by molar-refractivity contribution is 7.89. The van der Waals surface area contributed by atoms with Gasteiger partial charge in [0.1, 0.15) is 11.5 Å². The molecule has 0 bridgehead atoms. The lowest BCUT2D eigenvalue weighted by Gasteiger charge is -2.26. The largest absolute Gasteiger partial charge is 0.479 e. The maximum atomic E-state index is 13.1. The van der Waals surface area contributed by atoms with Crippen molar-refractivity contribution in [2.24, 2.45) is 0 Å². The summed E-state index contributed by atoms with van der Waals surface area (Å²) in [5, 5.41) is 2.68. The Morgan fingerprint density at radius 3 is 2.66 bits per heavy atom. The third kappa shape index (κ3) is 4.28. The van der Waals surface area contributed by atoms with Gasteiger partial charge in [-0.3, -0.25) is 9.59 Å². The maximum absolute atomic E-state index is 13.1. The molecule has 0 saturated carbocycles. The van der Waals surface area contributed by atoms with Crippen molar-refractivity contribution < 1.29 is 27.2 Å². The number of hydrogen-bond donors (Lipinski definition) is 1. The number of nitrogens with zero attached hydrogens (tertiary/aromatic N) is 2. The Kier molecular flexibility index (Phi) is 5.67. The van der Waals surface area contributed by atoms with Crippen LogP contribution in [0.15, 0.2) is 39.8 Å². The molecule has 0 aliphatic carbocycles. The van der Waals surface area contributed by atoms with Gasteiger partial charge in [-0.2, -0.15) is 4.31 Å². The predicted molar refractivity (Wildman–Crippen MR) is 105 cm³/mol. The smallest absolute Gasteiger partial charge is 0.265 e. The fraction of sp³-hybridized carbons (Fsp3) is 0.368. The van der Waals surface area contributed by atoms with Gasteiger partial charge in [0.2, 0.25) is 15.9 Å². The summed E-state index contributed by atoms with van der Waals surface area (Å²) < 4.78 is 37.8. The van der Waals surface area contributed by atoms with Crippen molar-refractivity contribution in [3.05, 3.63) is 41.9 Å². The number of benzene rings is 1. The van der Waals surface area contributed by atoms with Gasteiger partial charge in [-0.15, -0.1) is 0 Å². The summed E-state index contributed by atoms with van der Waals surface area (Å²) >= 11 is 0. The number of sulfonamides is 1. The Labute approximate surface area is 169 Å². The van der Waals surface area contributed by atoms with Crippen LogP contribution in [0.2, 0.25) is 0 Å². The second kappa shape index (κ2) is 7.88. The maximum Gasteiger partial charge on any atom is 0.265 e. The van der Waals surface area contributed by atoms with Crippen molar-refractivity contribution in [1.82, 2.24) is 9.21 Å². The fourth-order valence-electron chi connectivity index (χ4n) is 2.91. The van der Waals surface area contributed by atoms with E-state index in [1.165, 1.54) is 24.3 Å². The van der Waals surface area contributed by atoms with Crippen LogP contribution in [0, 0.1) is 6.92 Å². The molecule has 0 unspecified atom stereocenters. The number of fused-ring (bicyclic) bond motifs is 1. The average molecular weight is 421 g/mol. The normalized spacial score (nSPS) is 16.2. The van der Waals surface area contributed by atoms with Gasteiger partial charge in [0.15, 0.2) is 6.10 Å². The number of hydrogen-bond acceptors (Lipinski definition) is 6. The first-order chi connectivity index (χ1) is 13.6. The number of nitrogens with one attached hydrogen (secondary N) is 1. The first kappa shape index (κ1) is 20.9. The van der Waals surface area contributed by atoms with E-state index >= 15 is 0 Å². The van der Waals surface area contributed by atoms with Crippen molar-refractivity contribution in [3.8, 4) is 5.75 Å². The van der Waals surface area contributed by atoms with E-state index in [9.17, 15) is 18.0 Å². The molecule has 0 fully saturated rings. The molecule has 0 radical (unpaired) electrons. The Hall–Kier alpha value is -2.85. The highest BCUT2D eigenvalue weighted by atomic mass is 32.2. The lowest BCUT2D eigenvalue weighted by molar-refractivity contribution is -0.130. The molecular formula is C19H23N3O6S. The Bertz CT molecular complexity index is 1030. The Balaban J connectivity index is 1.78. The highest BCUT2D eigenvalue weighted by Gasteiger charge is 2.30. The van der Waals surface area contributed by atoms with E-state index in [0.717, 1.165) is 4.31 Å². The van der Waals surface area contributed by atoms with E-state index in [4.69, 9.17) is 9.15 Å². The lowest BCUT2D eigenvalue weighted by atomic mass is 10.1. The molecule has 1 N–H and O–H groups in total. The minimum Gasteiger partial charge on any atom is -0.479 e. The molecular weight excluding hydrogens is 398 g/mol. The summed E-state index contributed by atoms with van der Waals surface area (Å²) in [7, 11) is -1.03. The van der Waals surface area contributed by atoms with Crippen LogP contribution < -0.4 is 10.1 Å². The number of anilines is 1. The number of likely N-dealkylation sites (N-methyl/N-ethyl adjacent to an activating group) is 2. The third-order valence-electron chi connectivity index (χ3n) is 4.65. The number of carbonyl (C=O) groups excluding carboxylic acids is 2. The zero-order chi connectivity index (χ0) is 21.3. The van der Waals surface area contributed by atoms with Crippen LogP contribution in [0.3, 0.4) is 0 Å². The monoisotopic (exact) mass is 421 g/mol. The molecule has 0 saturated heterocycles. The molecule has 3 rings (SSSR count). The predicted octanol–water partition coefficient (Wildman–Crippen LogP) is 1.59. The van der Waals surface area contributed by atoms with Crippen LogP contribution in [-0.4, -0.2) is 56.2 Å². The van der Waals surface area contributed by atoms with E-state index in [-0.39, 0.29) is 35.5 Å². The number of aryl methyl sites for hydroxylation is 1. The van der Waals surface area contributed by atoms with Gasteiger partial charge in [0.25, 0.3) is 5.91 Å². The van der Waals surface area contributed by atoms with Crippen molar-refractivity contribution in [2.45, 2.75) is 31.4 Å². The Morgan fingerprint density at radius 2 is 2.00 bits per heavy atom. The zero-order valence-corrected chi connectivity index (χ0v) is 17.4. The van der Waals surface area contributed by atoms with Crippen LogP contribution in [-0.2, 0) is 26.2 Å². The van der Waals surface area contributed by atoms with Gasteiger partial charge in [-0.1, -0.05) is 0 Å². The van der Waals surface area contributed by atoms with Crippen LogP contribution in [0.25, 0.3) is 0 Å². The van der Waals surface area contributed by atoms with Crippen molar-refractivity contribution in [2.75, 3.05) is 26.0 Å². The standard InChI is InChI=1S/C19H23N3O6S/c1-12-8-15-16(28-13(2)19(24)20-15)9-17(12)29(25,26)22(4)11-18(23)21(3)10-14-6-5-7-27-14/h5-9,13H,10-11H2,1-4H3,(H,20,24)/t13-/m1/s1. The van der Waals surface area contributed by atoms with E-state index in [1.807, 2.05) is 0 Å². The molecule has 2 aromatic rings. The number of carbonyl (C=O) groups is 2. The van der Waals surface area contributed by atoms with E-state index < -0.39 is 16.1 Å². The number of rotatable bonds is 6. The lowest BCUT2D eigenvalue weighted by Crippen LogP contribution is -2.39. The van der Waals surface area contributed by atoms with Crippen molar-refractivity contribution in [1.29, 1.82) is 0 Å². The van der Waals surface area contributed by atoms with Gasteiger partial charge in [0.05, 0.1) is 29.9 Å². The van der Waals surface area contributed by atoms with Crippen LogP contribution in [0.1, 0.15) is 18.2 Å². The van der Waals surface area contributed by atoms with E-state index in [2.05, 4.69) is 5.32 Å². The Morgan fingerprint density at radius 1 is 1.28 bits per heavy atom. The summed E-state index contributed by atoms with van der Waals surface area (Å²) in [6, 6.07) is 6.38. The molecule has 1 aromatic carbocycles. The molecule has 1 aliphatic heterocycles. The van der Waals surface area contributed by atoms with Crippen LogP contribution >= 0.6 is 0 Å². The summed E-state index contributed by atoms with van der Waals surface area (Å²) in [6.07, 6.45) is 0.782. The minimum absolute atomic E-state index is 0.0172. The van der Waals surface area contributed by atoms with Crippen LogP contribution in [0.4, 0.5) is 5.69 Å². The molecule has 0 spiro atoms. The van der Waals surface area contributed by atoms with E-state index in [1.54, 1.807) is 39.1 Å². The fourth-order valence-corrected chi connectivity index (χ4v) is 4.25. The van der Waals surface area contributed by atoms with Crippen LogP contribution in [0.5, 0.6) is 5.75 Å². The van der Waals surface area contributed by atoms with Gasteiger partial charge in [-0.05, 0) is 37.6 Å². The molecule has 2 heterocycles. The van der Waals surface area contributed by atoms with Crippen molar-refractivity contribution in [3.63, 3.8) is 0 Å². The zero-order valence-electron chi connectivity index (χ0n) is 16.6. The van der Waals surface area contributed by atoms with E-state index in [0.29, 0.717) is 17.0 Å². The summed E-state index contributed by atoms with van der Waals surface area (Å²) in [4.78, 5) is 25.6. The first-order valence-electron chi connectivity index (χ1n) is 8.94. The second-order valence-electron chi connectivity index (χ2n) is 6.95. The second-order valence-corrected chi connectivity index (χ2v) is 8.97. The number of amides is 2. The molecule has 10 heteroatoms. The van der Waals surface area contributed by atoms with Gasteiger partial charge in [-0.25, -0.2) is 8.42 Å². The number of ether oxygens (including phenoxy) is 1. The molecule has 1 atom stereocenters. The van der Waals surface area contributed by atoms with Gasteiger partial charge in [0, 0.05) is 20.2 Å². The SMILES string of the molecule is Cc1cc2c(cc1S(=O)(=O)N(C)CC(=O)N(C)Cc1ccco1)O[C@H](C)C(=O)N2. The molecule has 9 nitrogen and oxygen atoms in total. The summed E-state index contributed by atoms with van der Waals surface area (Å²) in [5.74, 6) is 0.205. The first-order valence-corrected chi connectivity index (χ1v) is 10.4. The quantitative estimate of drug-likeness (QED) is 0.759. The van der Waals surface area contributed by atoms with Gasteiger partial charge >= 0.3 is 0 Å². The number of furan rings is 1. The summed E-state index contributed by atoms with van der Waals surface area (Å²) in [5.41, 5.74) is 0.854.